The Labute approximate surface area is 361 Å². The Hall–Kier alpha value is -2.38. The highest BCUT2D eigenvalue weighted by Crippen LogP contribution is 2.40. The van der Waals surface area contributed by atoms with Crippen LogP contribution >= 0.6 is 0 Å². The fourth-order valence-corrected chi connectivity index (χ4v) is 9.88. The van der Waals surface area contributed by atoms with Crippen molar-refractivity contribution in [3.05, 3.63) is 33.8 Å². The lowest BCUT2D eigenvalue weighted by molar-refractivity contribution is -0.0226. The molecule has 4 unspecified atom stereocenters. The van der Waals surface area contributed by atoms with Crippen molar-refractivity contribution >= 4 is 11.4 Å². The molecule has 0 amide bonds. The van der Waals surface area contributed by atoms with E-state index in [0.717, 1.165) is 49.0 Å². The van der Waals surface area contributed by atoms with Crippen molar-refractivity contribution in [2.45, 2.75) is 213 Å². The molecule has 0 radical (unpaired) electrons. The van der Waals surface area contributed by atoms with Gasteiger partial charge in [0.25, 0.3) is 5.92 Å². The highest BCUT2D eigenvalue weighted by molar-refractivity contribution is 5.88. The van der Waals surface area contributed by atoms with Crippen LogP contribution in [0.15, 0.2) is 32.5 Å². The maximum atomic E-state index is 13.9. The summed E-state index contributed by atoms with van der Waals surface area (Å²) in [5, 5.41) is 12.2. The van der Waals surface area contributed by atoms with Gasteiger partial charge in [-0.25, -0.2) is 4.68 Å². The molecule has 4 atom stereocenters. The average Bonchev–Trinajstić information content (AvgIpc) is 3.50. The number of nitrogens with one attached hydrogen (secondary N) is 1. The maximum absolute atomic E-state index is 13.9. The van der Waals surface area contributed by atoms with Gasteiger partial charge in [-0.1, -0.05) is 107 Å². The summed E-state index contributed by atoms with van der Waals surface area (Å²) in [5.74, 6) is 4.46. The fraction of sp³-hybridized carbons (Fsp3) is 0.843. The predicted octanol–water partition coefficient (Wildman–Crippen LogP) is 14.8. The molecule has 0 bridgehead atoms. The van der Waals surface area contributed by atoms with Gasteiger partial charge < -0.3 is 0 Å². The number of hydrogen-bond acceptors (Lipinski definition) is 5. The summed E-state index contributed by atoms with van der Waals surface area (Å²) >= 11 is 0. The van der Waals surface area contributed by atoms with Gasteiger partial charge in [0.1, 0.15) is 0 Å². The van der Waals surface area contributed by atoms with Crippen molar-refractivity contribution in [3.63, 3.8) is 0 Å². The second-order valence-electron chi connectivity index (χ2n) is 21.1. The zero-order valence-corrected chi connectivity index (χ0v) is 40.8. The molecule has 1 aromatic rings. The molecular formula is C51H90F2N6. The van der Waals surface area contributed by atoms with E-state index in [0.29, 0.717) is 54.7 Å². The van der Waals surface area contributed by atoms with E-state index in [4.69, 9.17) is 4.99 Å². The third-order valence-electron chi connectivity index (χ3n) is 13.4. The zero-order valence-electron chi connectivity index (χ0n) is 40.8. The second kappa shape index (κ2) is 24.3. The van der Waals surface area contributed by atoms with Crippen LogP contribution in [0.5, 0.6) is 0 Å². The molecule has 1 aromatic heterocycles. The normalized spacial score (nSPS) is 24.9. The number of alkyl halides is 2. The van der Waals surface area contributed by atoms with Crippen molar-refractivity contribution in [1.82, 2.24) is 20.4 Å². The Kier molecular flexibility index (Phi) is 21.0. The number of hydrogen-bond donors (Lipinski definition) is 1. The van der Waals surface area contributed by atoms with Crippen LogP contribution in [0.3, 0.4) is 0 Å². The van der Waals surface area contributed by atoms with Crippen molar-refractivity contribution in [3.8, 4) is 0 Å². The first-order valence-corrected chi connectivity index (χ1v) is 24.3. The number of aliphatic imine (C=N–C) groups is 1. The van der Waals surface area contributed by atoms with E-state index in [-0.39, 0.29) is 12.1 Å². The zero-order chi connectivity index (χ0) is 44.0. The Balaban J connectivity index is 0.000000226. The lowest BCUT2D eigenvalue weighted by Crippen LogP contribution is -2.31. The SMILES string of the molecule is CC(C)C.CC(C)Cn1nnc2c1CCCCCC2(F)F.CC1=NCC(C(C)C)=C2CCCC(C(C)C)CCC12.CC1=NNC(C(C)C)=C2CCCC(C(C)C)CCC12. The number of halogens is 2. The molecule has 5 aliphatic rings. The number of rotatable bonds is 6. The Morgan fingerprint density at radius 2 is 1.22 bits per heavy atom. The van der Waals surface area contributed by atoms with E-state index in [1.165, 1.54) is 81.3 Å². The maximum Gasteiger partial charge on any atom is 0.293 e. The average molecular weight is 825 g/mol. The number of aromatic nitrogens is 3. The first kappa shape index (κ1) is 51.0. The third kappa shape index (κ3) is 15.5. The quantitative estimate of drug-likeness (QED) is 0.291. The number of allylic oxidation sites excluding steroid dienone is 3. The number of nitrogens with zero attached hydrogens (tertiary/aromatic N) is 5. The molecule has 6 nitrogen and oxygen atoms in total. The summed E-state index contributed by atoms with van der Waals surface area (Å²) in [6.45, 7) is 35.5. The van der Waals surface area contributed by atoms with Gasteiger partial charge in [-0.15, -0.1) is 5.10 Å². The van der Waals surface area contributed by atoms with Gasteiger partial charge in [-0.05, 0) is 156 Å². The summed E-state index contributed by atoms with van der Waals surface area (Å²) in [6, 6.07) is 0. The minimum Gasteiger partial charge on any atom is -0.289 e. The van der Waals surface area contributed by atoms with E-state index in [2.05, 4.69) is 125 Å². The summed E-state index contributed by atoms with van der Waals surface area (Å²) in [4.78, 5) is 4.82. The number of fused-ring (bicyclic) bond motifs is 3. The minimum atomic E-state index is -2.80. The van der Waals surface area contributed by atoms with Crippen molar-refractivity contribution in [2.24, 2.45) is 69.3 Å². The predicted molar refractivity (Wildman–Crippen MR) is 249 cm³/mol. The number of dihydropyridines is 1. The summed E-state index contributed by atoms with van der Waals surface area (Å²) in [5.41, 5.74) is 13.1. The molecule has 8 heteroatoms. The van der Waals surface area contributed by atoms with Crippen LogP contribution in [0.25, 0.3) is 0 Å². The molecule has 0 spiro atoms. The van der Waals surface area contributed by atoms with Crippen molar-refractivity contribution < 1.29 is 8.78 Å². The van der Waals surface area contributed by atoms with Gasteiger partial charge in [0, 0.05) is 41.9 Å². The Morgan fingerprint density at radius 3 is 1.75 bits per heavy atom. The van der Waals surface area contributed by atoms with Crippen molar-refractivity contribution in [2.75, 3.05) is 6.54 Å². The van der Waals surface area contributed by atoms with Gasteiger partial charge in [-0.3, -0.25) is 10.4 Å². The van der Waals surface area contributed by atoms with Crippen LogP contribution in [0.2, 0.25) is 0 Å². The van der Waals surface area contributed by atoms with E-state index < -0.39 is 5.92 Å². The lowest BCUT2D eigenvalue weighted by Gasteiger charge is -2.34. The van der Waals surface area contributed by atoms with E-state index in [1.807, 2.05) is 0 Å². The molecule has 3 heterocycles. The molecule has 1 N–H and O–H groups in total. The van der Waals surface area contributed by atoms with Crippen LogP contribution in [0, 0.1) is 59.2 Å². The molecule has 59 heavy (non-hydrogen) atoms. The van der Waals surface area contributed by atoms with Crippen LogP contribution in [0.4, 0.5) is 8.78 Å². The van der Waals surface area contributed by atoms with Crippen molar-refractivity contribution in [1.29, 1.82) is 0 Å². The van der Waals surface area contributed by atoms with Gasteiger partial charge in [0.05, 0.1) is 12.2 Å². The topological polar surface area (TPSA) is 67.5 Å². The highest BCUT2D eigenvalue weighted by Gasteiger charge is 2.39. The largest absolute Gasteiger partial charge is 0.293 e. The van der Waals surface area contributed by atoms with E-state index >= 15 is 0 Å². The summed E-state index contributed by atoms with van der Waals surface area (Å²) < 4.78 is 29.4. The molecule has 0 saturated heterocycles. The standard InChI is InChI=1S/C18H31N.C17H30N2.C12H19F2N3.C4H10/c1-12(2)15-7-6-8-17-16(10-9-15)14(5)19-11-18(17)13(3)4;1-11(2)14-7-6-8-16-15(10-9-14)13(5)18-19-17(16)12(3)4;1-9(2)8-17-10-6-4-3-5-7-12(13,14)11(10)15-16-17;1-4(2)3/h12-13,15-16H,6-11H2,1-5H3;11-12,14-15,19H,6-10H2,1-5H3;9H,3-8H2,1-2H3;4H,1-3H3. The minimum absolute atomic E-state index is 0.0853. The fourth-order valence-electron chi connectivity index (χ4n) is 9.88. The van der Waals surface area contributed by atoms with Crippen LogP contribution in [-0.2, 0) is 18.9 Å². The van der Waals surface area contributed by atoms with Gasteiger partial charge in [-0.2, -0.15) is 13.9 Å². The Morgan fingerprint density at radius 1 is 0.661 bits per heavy atom. The molecule has 2 saturated carbocycles. The van der Waals surface area contributed by atoms with Crippen LogP contribution in [0.1, 0.15) is 205 Å². The third-order valence-corrected chi connectivity index (χ3v) is 13.4. The van der Waals surface area contributed by atoms with Gasteiger partial charge >= 0.3 is 0 Å². The molecule has 0 aromatic carbocycles. The molecule has 338 valence electrons. The van der Waals surface area contributed by atoms with Crippen LogP contribution in [-0.4, -0.2) is 33.0 Å². The lowest BCUT2D eigenvalue weighted by atomic mass is 9.73. The van der Waals surface area contributed by atoms with Gasteiger partial charge in [0.15, 0.2) is 5.69 Å². The smallest absolute Gasteiger partial charge is 0.289 e. The first-order valence-electron chi connectivity index (χ1n) is 24.3. The van der Waals surface area contributed by atoms with Crippen LogP contribution < -0.4 is 5.43 Å². The molecule has 2 fully saturated rings. The Bertz CT molecular complexity index is 1460. The molecule has 2 aliphatic heterocycles. The number of hydrazone groups is 1. The van der Waals surface area contributed by atoms with E-state index in [1.54, 1.807) is 21.4 Å². The monoisotopic (exact) mass is 825 g/mol. The molecule has 3 aliphatic carbocycles. The summed E-state index contributed by atoms with van der Waals surface area (Å²) in [7, 11) is 0. The first-order chi connectivity index (χ1) is 27.7. The molecule has 6 rings (SSSR count). The highest BCUT2D eigenvalue weighted by atomic mass is 19.3. The molecular weight excluding hydrogens is 735 g/mol. The second-order valence-corrected chi connectivity index (χ2v) is 21.1. The summed E-state index contributed by atoms with van der Waals surface area (Å²) in [6.07, 6.45) is 16.5. The van der Waals surface area contributed by atoms with E-state index in [9.17, 15) is 8.78 Å². The van der Waals surface area contributed by atoms with Gasteiger partial charge in [0.2, 0.25) is 0 Å².